The minimum Gasteiger partial charge on any atom is -0.398 e. The van der Waals surface area contributed by atoms with Crippen molar-refractivity contribution in [3.8, 4) is 0 Å². The summed E-state index contributed by atoms with van der Waals surface area (Å²) in [5, 5.41) is 6.85. The van der Waals surface area contributed by atoms with Crippen molar-refractivity contribution in [3.63, 3.8) is 0 Å². The fourth-order valence-corrected chi connectivity index (χ4v) is 1.74. The van der Waals surface area contributed by atoms with E-state index in [9.17, 15) is 4.79 Å². The predicted molar refractivity (Wildman–Crippen MR) is 74.4 cm³/mol. The largest absolute Gasteiger partial charge is 0.398 e. The SMILES string of the molecule is CCn1cc(NC(=O)c2ccc(Br)c(N)c2)cn1. The van der Waals surface area contributed by atoms with Crippen LogP contribution in [0.15, 0.2) is 35.1 Å². The Morgan fingerprint density at radius 1 is 1.56 bits per heavy atom. The third kappa shape index (κ3) is 2.70. The summed E-state index contributed by atoms with van der Waals surface area (Å²) in [6.07, 6.45) is 3.39. The number of carbonyl (C=O) groups excluding carboxylic acids is 1. The van der Waals surface area contributed by atoms with Crippen LogP contribution in [0.4, 0.5) is 11.4 Å². The maximum atomic E-state index is 12.0. The number of amides is 1. The molecule has 0 aliphatic carbocycles. The molecule has 1 aromatic carbocycles. The molecule has 1 heterocycles. The fraction of sp³-hybridized carbons (Fsp3) is 0.167. The molecule has 2 rings (SSSR count). The molecule has 0 bridgehead atoms. The Kier molecular flexibility index (Phi) is 3.66. The second kappa shape index (κ2) is 5.22. The summed E-state index contributed by atoms with van der Waals surface area (Å²) in [6, 6.07) is 5.09. The van der Waals surface area contributed by atoms with Gasteiger partial charge in [-0.3, -0.25) is 9.48 Å². The van der Waals surface area contributed by atoms with Crippen molar-refractivity contribution >= 4 is 33.2 Å². The minimum absolute atomic E-state index is 0.204. The summed E-state index contributed by atoms with van der Waals surface area (Å²) in [4.78, 5) is 12.0. The summed E-state index contributed by atoms with van der Waals surface area (Å²) < 4.78 is 2.52. The van der Waals surface area contributed by atoms with Crippen molar-refractivity contribution in [2.75, 3.05) is 11.1 Å². The Morgan fingerprint density at radius 3 is 2.94 bits per heavy atom. The predicted octanol–water partition coefficient (Wildman–Crippen LogP) is 2.50. The molecule has 0 saturated carbocycles. The highest BCUT2D eigenvalue weighted by Crippen LogP contribution is 2.20. The van der Waals surface area contributed by atoms with Gasteiger partial charge in [0, 0.05) is 28.5 Å². The number of aromatic nitrogens is 2. The molecule has 0 atom stereocenters. The second-order valence-corrected chi connectivity index (χ2v) is 4.63. The molecule has 5 nitrogen and oxygen atoms in total. The number of hydrogen-bond donors (Lipinski definition) is 2. The maximum Gasteiger partial charge on any atom is 0.255 e. The molecular formula is C12H13BrN4O. The highest BCUT2D eigenvalue weighted by molar-refractivity contribution is 9.10. The Morgan fingerprint density at radius 2 is 2.33 bits per heavy atom. The summed E-state index contributed by atoms with van der Waals surface area (Å²) in [6.45, 7) is 2.75. The number of nitrogen functional groups attached to an aromatic ring is 1. The molecule has 18 heavy (non-hydrogen) atoms. The molecule has 0 aliphatic rings. The summed E-state index contributed by atoms with van der Waals surface area (Å²) >= 11 is 3.29. The average Bonchev–Trinajstić information content (AvgIpc) is 2.80. The third-order valence-electron chi connectivity index (χ3n) is 2.47. The first-order valence-corrected chi connectivity index (χ1v) is 6.28. The van der Waals surface area contributed by atoms with Crippen molar-refractivity contribution < 1.29 is 4.79 Å². The number of rotatable bonds is 3. The van der Waals surface area contributed by atoms with Crippen molar-refractivity contribution in [2.24, 2.45) is 0 Å². The van der Waals surface area contributed by atoms with Crippen LogP contribution >= 0.6 is 15.9 Å². The van der Waals surface area contributed by atoms with Crippen molar-refractivity contribution in [1.82, 2.24) is 9.78 Å². The van der Waals surface area contributed by atoms with Crippen LogP contribution in [0, 0.1) is 0 Å². The van der Waals surface area contributed by atoms with Crippen LogP contribution in [-0.4, -0.2) is 15.7 Å². The van der Waals surface area contributed by atoms with Crippen LogP contribution in [0.3, 0.4) is 0 Å². The molecule has 0 unspecified atom stereocenters. The quantitative estimate of drug-likeness (QED) is 0.856. The number of hydrogen-bond acceptors (Lipinski definition) is 3. The first kappa shape index (κ1) is 12.6. The number of nitrogens with one attached hydrogen (secondary N) is 1. The van der Waals surface area contributed by atoms with E-state index in [1.54, 1.807) is 35.3 Å². The van der Waals surface area contributed by atoms with Gasteiger partial charge in [0.25, 0.3) is 5.91 Å². The molecule has 3 N–H and O–H groups in total. The van der Waals surface area contributed by atoms with E-state index in [1.807, 2.05) is 6.92 Å². The molecular weight excluding hydrogens is 296 g/mol. The lowest BCUT2D eigenvalue weighted by Crippen LogP contribution is -2.11. The van der Waals surface area contributed by atoms with Gasteiger partial charge in [0.1, 0.15) is 0 Å². The fourth-order valence-electron chi connectivity index (χ4n) is 1.49. The van der Waals surface area contributed by atoms with Crippen LogP contribution in [0.1, 0.15) is 17.3 Å². The van der Waals surface area contributed by atoms with Crippen molar-refractivity contribution in [1.29, 1.82) is 0 Å². The van der Waals surface area contributed by atoms with E-state index in [1.165, 1.54) is 0 Å². The van der Waals surface area contributed by atoms with Crippen LogP contribution in [0.2, 0.25) is 0 Å². The second-order valence-electron chi connectivity index (χ2n) is 3.78. The van der Waals surface area contributed by atoms with E-state index in [4.69, 9.17) is 5.73 Å². The number of anilines is 2. The lowest BCUT2D eigenvalue weighted by molar-refractivity contribution is 0.102. The minimum atomic E-state index is -0.204. The Bertz CT molecular complexity index is 579. The van der Waals surface area contributed by atoms with E-state index in [2.05, 4.69) is 26.3 Å². The monoisotopic (exact) mass is 308 g/mol. The van der Waals surface area contributed by atoms with Gasteiger partial charge in [-0.25, -0.2) is 0 Å². The van der Waals surface area contributed by atoms with Gasteiger partial charge >= 0.3 is 0 Å². The number of halogens is 1. The van der Waals surface area contributed by atoms with Crippen LogP contribution in [0.5, 0.6) is 0 Å². The molecule has 0 aliphatic heterocycles. The lowest BCUT2D eigenvalue weighted by atomic mass is 10.2. The molecule has 0 fully saturated rings. The highest BCUT2D eigenvalue weighted by atomic mass is 79.9. The standard InChI is InChI=1S/C12H13BrN4O/c1-2-17-7-9(6-15-17)16-12(18)8-3-4-10(13)11(14)5-8/h3-7H,2,14H2,1H3,(H,16,18). The zero-order chi connectivity index (χ0) is 13.1. The van der Waals surface area contributed by atoms with E-state index in [0.717, 1.165) is 11.0 Å². The van der Waals surface area contributed by atoms with Gasteiger partial charge in [0.15, 0.2) is 0 Å². The number of carbonyl (C=O) groups is 1. The van der Waals surface area contributed by atoms with Gasteiger partial charge in [0.2, 0.25) is 0 Å². The first-order valence-electron chi connectivity index (χ1n) is 5.49. The lowest BCUT2D eigenvalue weighted by Gasteiger charge is -2.04. The molecule has 1 aromatic heterocycles. The smallest absolute Gasteiger partial charge is 0.255 e. The average molecular weight is 309 g/mol. The van der Waals surface area contributed by atoms with Gasteiger partial charge in [0.05, 0.1) is 11.9 Å². The molecule has 6 heteroatoms. The molecule has 0 saturated heterocycles. The van der Waals surface area contributed by atoms with E-state index < -0.39 is 0 Å². The molecule has 0 spiro atoms. The van der Waals surface area contributed by atoms with Gasteiger partial charge in [-0.15, -0.1) is 0 Å². The number of nitrogens with zero attached hydrogens (tertiary/aromatic N) is 2. The zero-order valence-corrected chi connectivity index (χ0v) is 11.4. The Hall–Kier alpha value is -1.82. The van der Waals surface area contributed by atoms with Crippen LogP contribution in [-0.2, 0) is 6.54 Å². The molecule has 2 aromatic rings. The molecule has 0 radical (unpaired) electrons. The normalized spacial score (nSPS) is 10.3. The Labute approximate surface area is 113 Å². The molecule has 94 valence electrons. The summed E-state index contributed by atoms with van der Waals surface area (Å²) in [7, 11) is 0. The van der Waals surface area contributed by atoms with Gasteiger partial charge in [-0.05, 0) is 41.1 Å². The first-order chi connectivity index (χ1) is 8.60. The van der Waals surface area contributed by atoms with Crippen molar-refractivity contribution in [3.05, 3.63) is 40.6 Å². The van der Waals surface area contributed by atoms with Gasteiger partial charge < -0.3 is 11.1 Å². The van der Waals surface area contributed by atoms with Crippen molar-refractivity contribution in [2.45, 2.75) is 13.5 Å². The number of aryl methyl sites for hydroxylation is 1. The van der Waals surface area contributed by atoms with Gasteiger partial charge in [-0.2, -0.15) is 5.10 Å². The molecule has 1 amide bonds. The maximum absolute atomic E-state index is 12.0. The van der Waals surface area contributed by atoms with E-state index in [-0.39, 0.29) is 5.91 Å². The van der Waals surface area contributed by atoms with Gasteiger partial charge in [-0.1, -0.05) is 0 Å². The zero-order valence-electron chi connectivity index (χ0n) is 9.85. The number of benzene rings is 1. The van der Waals surface area contributed by atoms with E-state index in [0.29, 0.717) is 16.9 Å². The topological polar surface area (TPSA) is 72.9 Å². The highest BCUT2D eigenvalue weighted by Gasteiger charge is 2.08. The summed E-state index contributed by atoms with van der Waals surface area (Å²) in [5.41, 5.74) is 7.45. The third-order valence-corrected chi connectivity index (χ3v) is 3.20. The summed E-state index contributed by atoms with van der Waals surface area (Å²) in [5.74, 6) is -0.204. The number of nitrogens with two attached hydrogens (primary N) is 1. The van der Waals surface area contributed by atoms with E-state index >= 15 is 0 Å². The van der Waals surface area contributed by atoms with Crippen LogP contribution in [0.25, 0.3) is 0 Å². The van der Waals surface area contributed by atoms with Crippen LogP contribution < -0.4 is 11.1 Å². The Balaban J connectivity index is 2.14.